The molecule has 4 aromatic heterocycles. The van der Waals surface area contributed by atoms with Gasteiger partial charge < -0.3 is 20.5 Å². The highest BCUT2D eigenvalue weighted by Crippen LogP contribution is 2.29. The minimum atomic E-state index is -3.71. The van der Waals surface area contributed by atoms with Gasteiger partial charge >= 0.3 is 0 Å². The van der Waals surface area contributed by atoms with Crippen LogP contribution in [0.25, 0.3) is 33.8 Å². The van der Waals surface area contributed by atoms with E-state index in [0.29, 0.717) is 36.0 Å². The van der Waals surface area contributed by atoms with Crippen molar-refractivity contribution >= 4 is 43.0 Å². The van der Waals surface area contributed by atoms with Gasteiger partial charge in [-0.2, -0.15) is 0 Å². The van der Waals surface area contributed by atoms with E-state index in [4.69, 9.17) is 15.0 Å². The van der Waals surface area contributed by atoms with E-state index in [2.05, 4.69) is 36.6 Å². The number of anilines is 2. The van der Waals surface area contributed by atoms with Crippen molar-refractivity contribution in [2.45, 2.75) is 36.7 Å². The first-order valence-electron chi connectivity index (χ1n) is 18.0. The molecule has 0 spiro atoms. The van der Waals surface area contributed by atoms with Gasteiger partial charge in [-0.1, -0.05) is 24.3 Å². The molecule has 8 aromatic rings. The standard InChI is InChI=1S/C21H21N5O3S.C20H19N5O3S/c1-14-11-16(5-8-19(14)29-2)18-13-25-21-20(23-9-10-26(18)21)24-12-15-3-6-17(7-4-15)30(22,27)28;1-13-10-15(4-7-18(13)26)17-12-24-20-19(22-8-9-25(17)20)23-11-14-2-5-16(6-3-14)29(21,27)28/h3-11,13H,12H2,1-2H3,(H,23,24)(H2,22,27,28);2-10,12,26H,11H2,1H3,(H,22,23)(H2,21,27,28). The molecule has 0 aliphatic rings. The number of methoxy groups -OCH3 is 1. The summed E-state index contributed by atoms with van der Waals surface area (Å²) in [6.45, 7) is 4.75. The summed E-state index contributed by atoms with van der Waals surface area (Å²) in [5.74, 6) is 2.32. The van der Waals surface area contributed by atoms with E-state index in [9.17, 15) is 21.9 Å². The van der Waals surface area contributed by atoms with Gasteiger partial charge in [0.05, 0.1) is 40.7 Å². The Labute approximate surface area is 340 Å². The Hall–Kier alpha value is -6.86. The number of nitrogens with one attached hydrogen (secondary N) is 2. The number of ether oxygens (including phenoxy) is 1. The number of aromatic nitrogens is 6. The van der Waals surface area contributed by atoms with Gasteiger partial charge in [0.15, 0.2) is 22.9 Å². The van der Waals surface area contributed by atoms with E-state index in [-0.39, 0.29) is 15.5 Å². The number of hydrogen-bond acceptors (Lipinski definition) is 12. The number of rotatable bonds is 11. The summed E-state index contributed by atoms with van der Waals surface area (Å²) >= 11 is 0. The summed E-state index contributed by atoms with van der Waals surface area (Å²) in [5.41, 5.74) is 8.74. The first-order chi connectivity index (χ1) is 28.2. The van der Waals surface area contributed by atoms with Crippen LogP contribution >= 0.6 is 0 Å². The molecule has 0 saturated carbocycles. The number of fused-ring (bicyclic) bond motifs is 2. The molecule has 7 N–H and O–H groups in total. The first kappa shape index (κ1) is 40.3. The molecule has 0 bridgehead atoms. The van der Waals surface area contributed by atoms with E-state index in [1.807, 2.05) is 65.5 Å². The molecule has 302 valence electrons. The minimum absolute atomic E-state index is 0.0727. The number of primary sulfonamides is 2. The molecular weight excluding hydrogens is 793 g/mol. The van der Waals surface area contributed by atoms with Gasteiger partial charge in [0.25, 0.3) is 0 Å². The summed E-state index contributed by atoms with van der Waals surface area (Å²) in [6, 6.07) is 24.1. The van der Waals surface area contributed by atoms with E-state index in [1.165, 1.54) is 24.3 Å². The van der Waals surface area contributed by atoms with Crippen LogP contribution in [0.3, 0.4) is 0 Å². The second-order valence-corrected chi connectivity index (χ2v) is 16.6. The lowest BCUT2D eigenvalue weighted by atomic mass is 10.1. The van der Waals surface area contributed by atoms with Crippen LogP contribution < -0.4 is 25.6 Å². The number of aromatic hydroxyl groups is 1. The fourth-order valence-corrected chi connectivity index (χ4v) is 7.36. The average molecular weight is 833 g/mol. The van der Waals surface area contributed by atoms with E-state index >= 15 is 0 Å². The monoisotopic (exact) mass is 832 g/mol. The second-order valence-electron chi connectivity index (χ2n) is 13.5. The lowest BCUT2D eigenvalue weighted by molar-refractivity contribution is 0.412. The molecule has 0 saturated heterocycles. The third-order valence-corrected chi connectivity index (χ3v) is 11.3. The van der Waals surface area contributed by atoms with Crippen molar-refractivity contribution < 1.29 is 26.7 Å². The third-order valence-electron chi connectivity index (χ3n) is 9.46. The molecule has 4 aromatic carbocycles. The quantitative estimate of drug-likeness (QED) is 0.107. The number of benzene rings is 4. The minimum Gasteiger partial charge on any atom is -0.508 e. The van der Waals surface area contributed by atoms with Crippen LogP contribution in [-0.4, -0.2) is 57.8 Å². The maximum atomic E-state index is 11.4. The zero-order valence-electron chi connectivity index (χ0n) is 32.1. The number of phenols is 1. The summed E-state index contributed by atoms with van der Waals surface area (Å²) in [4.78, 5) is 17.9. The van der Waals surface area contributed by atoms with Gasteiger partial charge in [-0.05, 0) is 96.8 Å². The zero-order chi connectivity index (χ0) is 41.9. The third kappa shape index (κ3) is 9.00. The fraction of sp³-hybridized carbons (Fsp3) is 0.122. The van der Waals surface area contributed by atoms with Gasteiger partial charge in [0, 0.05) is 49.0 Å². The Bertz CT molecular complexity index is 3020. The van der Waals surface area contributed by atoms with Crippen molar-refractivity contribution in [3.8, 4) is 34.0 Å². The summed E-state index contributed by atoms with van der Waals surface area (Å²) in [7, 11) is -5.75. The number of nitrogens with two attached hydrogens (primary N) is 2. The van der Waals surface area contributed by atoms with Crippen LogP contribution in [0, 0.1) is 13.8 Å². The number of phenolic OH excluding ortho intramolecular Hbond substituents is 1. The Morgan fingerprint density at radius 1 is 0.627 bits per heavy atom. The lowest BCUT2D eigenvalue weighted by Crippen LogP contribution is -2.12. The van der Waals surface area contributed by atoms with Crippen molar-refractivity contribution in [2.75, 3.05) is 17.7 Å². The van der Waals surface area contributed by atoms with E-state index < -0.39 is 20.0 Å². The van der Waals surface area contributed by atoms with E-state index in [0.717, 1.165) is 50.5 Å². The molecule has 0 aliphatic heterocycles. The van der Waals surface area contributed by atoms with Crippen LogP contribution in [0.2, 0.25) is 0 Å². The molecule has 0 atom stereocenters. The molecule has 59 heavy (non-hydrogen) atoms. The number of imidazole rings is 2. The lowest BCUT2D eigenvalue weighted by Gasteiger charge is -2.09. The van der Waals surface area contributed by atoms with Crippen LogP contribution in [0.5, 0.6) is 11.5 Å². The van der Waals surface area contributed by atoms with Crippen molar-refractivity contribution in [1.82, 2.24) is 28.7 Å². The molecule has 8 rings (SSSR count). The number of aryl methyl sites for hydroxylation is 2. The molecular formula is C41H40N10O6S2. The fourth-order valence-electron chi connectivity index (χ4n) is 6.33. The van der Waals surface area contributed by atoms with Crippen LogP contribution in [0.15, 0.2) is 132 Å². The summed E-state index contributed by atoms with van der Waals surface area (Å²) in [6.07, 6.45) is 10.6. The first-order valence-corrected chi connectivity index (χ1v) is 21.1. The van der Waals surface area contributed by atoms with Gasteiger partial charge in [-0.15, -0.1) is 0 Å². The highest BCUT2D eigenvalue weighted by Gasteiger charge is 2.14. The topological polar surface area (TPSA) is 234 Å². The van der Waals surface area contributed by atoms with Crippen molar-refractivity contribution in [3.05, 3.63) is 144 Å². The second kappa shape index (κ2) is 16.5. The van der Waals surface area contributed by atoms with Crippen LogP contribution in [0.1, 0.15) is 22.3 Å². The van der Waals surface area contributed by atoms with Crippen LogP contribution in [-0.2, 0) is 33.1 Å². The molecule has 0 amide bonds. The molecule has 0 fully saturated rings. The maximum Gasteiger partial charge on any atom is 0.238 e. The highest BCUT2D eigenvalue weighted by atomic mass is 32.2. The van der Waals surface area contributed by atoms with Crippen molar-refractivity contribution in [2.24, 2.45) is 10.3 Å². The number of hydrogen-bond donors (Lipinski definition) is 5. The average Bonchev–Trinajstić information content (AvgIpc) is 3.86. The molecule has 0 unspecified atom stereocenters. The molecule has 16 nitrogen and oxygen atoms in total. The van der Waals surface area contributed by atoms with E-state index in [1.54, 1.807) is 56.0 Å². The normalized spacial score (nSPS) is 11.6. The molecule has 4 heterocycles. The molecule has 0 radical (unpaired) electrons. The highest BCUT2D eigenvalue weighted by molar-refractivity contribution is 7.89. The predicted octanol–water partition coefficient (Wildman–Crippen LogP) is 5.64. The largest absolute Gasteiger partial charge is 0.508 e. The molecule has 18 heteroatoms. The zero-order valence-corrected chi connectivity index (χ0v) is 33.7. The maximum absolute atomic E-state index is 11.4. The van der Waals surface area contributed by atoms with Gasteiger partial charge in [-0.3, -0.25) is 8.80 Å². The van der Waals surface area contributed by atoms with Gasteiger partial charge in [0.2, 0.25) is 20.0 Å². The summed E-state index contributed by atoms with van der Waals surface area (Å²) < 4.78 is 54.7. The van der Waals surface area contributed by atoms with Crippen LogP contribution in [0.4, 0.5) is 11.6 Å². The Morgan fingerprint density at radius 3 is 1.47 bits per heavy atom. The van der Waals surface area contributed by atoms with Gasteiger partial charge in [0.1, 0.15) is 11.5 Å². The van der Waals surface area contributed by atoms with Crippen molar-refractivity contribution in [1.29, 1.82) is 0 Å². The SMILES string of the molecule is COc1ccc(-c2cnc3c(NCc4ccc(S(N)(=O)=O)cc4)nccn23)cc1C.Cc1cc(-c2cnc3c(NCc4ccc(S(N)(=O)=O)cc4)nccn23)ccc1O. The Morgan fingerprint density at radius 2 is 1.07 bits per heavy atom. The number of sulfonamides is 2. The predicted molar refractivity (Wildman–Crippen MR) is 225 cm³/mol. The summed E-state index contributed by atoms with van der Waals surface area (Å²) in [5, 5.41) is 26.5. The van der Waals surface area contributed by atoms with Gasteiger partial charge in [-0.25, -0.2) is 47.0 Å². The smallest absolute Gasteiger partial charge is 0.238 e. The Kier molecular flexibility index (Phi) is 11.3. The Balaban J connectivity index is 0.000000179. The van der Waals surface area contributed by atoms with Crippen molar-refractivity contribution in [3.63, 3.8) is 0 Å². The molecule has 0 aliphatic carbocycles. The number of nitrogens with zero attached hydrogens (tertiary/aromatic N) is 6.